The van der Waals surface area contributed by atoms with Gasteiger partial charge in [0.2, 0.25) is 0 Å². The van der Waals surface area contributed by atoms with Gasteiger partial charge in [-0.15, -0.1) is 0 Å². The van der Waals surface area contributed by atoms with Gasteiger partial charge in [-0.1, -0.05) is 0 Å². The summed E-state index contributed by atoms with van der Waals surface area (Å²) in [6.07, 6.45) is 2.43. The van der Waals surface area contributed by atoms with Gasteiger partial charge in [0.1, 0.15) is 0 Å². The third-order valence-corrected chi connectivity index (χ3v) is 1.79. The van der Waals surface area contributed by atoms with Crippen LogP contribution in [0.5, 0.6) is 0 Å². The highest BCUT2D eigenvalue weighted by Crippen LogP contribution is 2.18. The first kappa shape index (κ1) is 8.27. The lowest BCUT2D eigenvalue weighted by atomic mass is 10.1. The number of carbonyl (C=O) groups excluding carboxylic acids is 1. The van der Waals surface area contributed by atoms with E-state index in [1.165, 1.54) is 13.2 Å². The van der Waals surface area contributed by atoms with Crippen LogP contribution in [-0.2, 0) is 14.3 Å². The molecule has 3 heteroatoms. The zero-order chi connectivity index (χ0) is 8.27. The third-order valence-electron chi connectivity index (χ3n) is 1.79. The van der Waals surface area contributed by atoms with Crippen molar-refractivity contribution in [3.8, 4) is 0 Å². The van der Waals surface area contributed by atoms with E-state index in [0.29, 0.717) is 6.61 Å². The zero-order valence-electron chi connectivity index (χ0n) is 6.79. The standard InChI is InChI=1S/C8H12O3/c1-6-7(3-4-11-6)5-8(9)10-2/h5-6H,3-4H2,1-2H3/b7-5-. The molecule has 0 bridgehead atoms. The summed E-state index contributed by atoms with van der Waals surface area (Å²) in [5, 5.41) is 0. The Morgan fingerprint density at radius 1 is 1.82 bits per heavy atom. The Kier molecular flexibility index (Phi) is 2.65. The molecule has 3 nitrogen and oxygen atoms in total. The van der Waals surface area contributed by atoms with Crippen molar-refractivity contribution in [1.29, 1.82) is 0 Å². The lowest BCUT2D eigenvalue weighted by Gasteiger charge is -2.01. The largest absolute Gasteiger partial charge is 0.466 e. The Bertz CT molecular complexity index is 184. The molecule has 0 aromatic heterocycles. The van der Waals surface area contributed by atoms with Crippen molar-refractivity contribution in [3.63, 3.8) is 0 Å². The fraction of sp³-hybridized carbons (Fsp3) is 0.625. The predicted octanol–water partition coefficient (Wildman–Crippen LogP) is 0.895. The van der Waals surface area contributed by atoms with Crippen LogP contribution >= 0.6 is 0 Å². The third kappa shape index (κ3) is 2.05. The lowest BCUT2D eigenvalue weighted by Crippen LogP contribution is -2.03. The van der Waals surface area contributed by atoms with E-state index < -0.39 is 0 Å². The summed E-state index contributed by atoms with van der Waals surface area (Å²) < 4.78 is 9.72. The molecule has 1 saturated heterocycles. The average Bonchev–Trinajstić information content (AvgIpc) is 2.37. The molecule has 62 valence electrons. The molecule has 1 heterocycles. The van der Waals surface area contributed by atoms with E-state index in [2.05, 4.69) is 4.74 Å². The van der Waals surface area contributed by atoms with Crippen LogP contribution in [0.4, 0.5) is 0 Å². The summed E-state index contributed by atoms with van der Waals surface area (Å²) in [4.78, 5) is 10.8. The molecule has 0 spiro atoms. The summed E-state index contributed by atoms with van der Waals surface area (Å²) in [6, 6.07) is 0. The Labute approximate surface area is 66.0 Å². The van der Waals surface area contributed by atoms with E-state index in [9.17, 15) is 4.79 Å². The molecule has 0 aromatic carbocycles. The molecule has 11 heavy (non-hydrogen) atoms. The van der Waals surface area contributed by atoms with Crippen LogP contribution in [0.25, 0.3) is 0 Å². The molecule has 0 saturated carbocycles. The van der Waals surface area contributed by atoms with Gasteiger partial charge in [-0.25, -0.2) is 4.79 Å². The van der Waals surface area contributed by atoms with E-state index in [1.807, 2.05) is 6.92 Å². The number of ether oxygens (including phenoxy) is 2. The monoisotopic (exact) mass is 156 g/mol. The number of methoxy groups -OCH3 is 1. The van der Waals surface area contributed by atoms with Crippen molar-refractivity contribution in [1.82, 2.24) is 0 Å². The molecule has 1 rings (SSSR count). The number of hydrogen-bond donors (Lipinski definition) is 0. The van der Waals surface area contributed by atoms with E-state index >= 15 is 0 Å². The van der Waals surface area contributed by atoms with E-state index in [1.54, 1.807) is 0 Å². The van der Waals surface area contributed by atoms with Gasteiger partial charge in [-0.2, -0.15) is 0 Å². The van der Waals surface area contributed by atoms with Gasteiger partial charge in [0, 0.05) is 6.08 Å². The van der Waals surface area contributed by atoms with E-state index in [-0.39, 0.29) is 12.1 Å². The highest BCUT2D eigenvalue weighted by atomic mass is 16.5. The van der Waals surface area contributed by atoms with E-state index in [0.717, 1.165) is 12.0 Å². The number of esters is 1. The van der Waals surface area contributed by atoms with Gasteiger partial charge < -0.3 is 9.47 Å². The number of carbonyl (C=O) groups is 1. The summed E-state index contributed by atoms with van der Waals surface area (Å²) in [6.45, 7) is 2.64. The van der Waals surface area contributed by atoms with Crippen LogP contribution in [0.2, 0.25) is 0 Å². The smallest absolute Gasteiger partial charge is 0.330 e. The van der Waals surface area contributed by atoms with Crippen LogP contribution in [-0.4, -0.2) is 25.8 Å². The van der Waals surface area contributed by atoms with Crippen LogP contribution in [0.1, 0.15) is 13.3 Å². The average molecular weight is 156 g/mol. The highest BCUT2D eigenvalue weighted by molar-refractivity contribution is 5.82. The molecular weight excluding hydrogens is 144 g/mol. The molecule has 1 fully saturated rings. The molecule has 0 aliphatic carbocycles. The van der Waals surface area contributed by atoms with Crippen molar-refractivity contribution in [2.45, 2.75) is 19.4 Å². The van der Waals surface area contributed by atoms with Crippen molar-refractivity contribution in [2.75, 3.05) is 13.7 Å². The van der Waals surface area contributed by atoms with Crippen molar-refractivity contribution in [3.05, 3.63) is 11.6 Å². The molecule has 0 aromatic rings. The Morgan fingerprint density at radius 3 is 3.00 bits per heavy atom. The molecule has 1 aliphatic heterocycles. The maximum Gasteiger partial charge on any atom is 0.330 e. The minimum absolute atomic E-state index is 0.0779. The number of rotatable bonds is 1. The first-order valence-corrected chi connectivity index (χ1v) is 3.64. The molecule has 1 aliphatic rings. The second-order valence-electron chi connectivity index (χ2n) is 2.51. The minimum Gasteiger partial charge on any atom is -0.466 e. The van der Waals surface area contributed by atoms with Crippen LogP contribution in [0.15, 0.2) is 11.6 Å². The molecular formula is C8H12O3. The maximum absolute atomic E-state index is 10.8. The van der Waals surface area contributed by atoms with Crippen LogP contribution < -0.4 is 0 Å². The summed E-state index contributed by atoms with van der Waals surface area (Å²) in [5.74, 6) is -0.294. The van der Waals surface area contributed by atoms with Crippen LogP contribution in [0, 0.1) is 0 Å². The Morgan fingerprint density at radius 2 is 2.55 bits per heavy atom. The highest BCUT2D eigenvalue weighted by Gasteiger charge is 2.17. The normalized spacial score (nSPS) is 27.5. The van der Waals surface area contributed by atoms with Gasteiger partial charge in [-0.3, -0.25) is 0 Å². The molecule has 0 N–H and O–H groups in total. The summed E-state index contributed by atoms with van der Waals surface area (Å²) in [7, 11) is 1.37. The fourth-order valence-electron chi connectivity index (χ4n) is 1.06. The van der Waals surface area contributed by atoms with Crippen LogP contribution in [0.3, 0.4) is 0 Å². The van der Waals surface area contributed by atoms with Crippen molar-refractivity contribution < 1.29 is 14.3 Å². The second-order valence-corrected chi connectivity index (χ2v) is 2.51. The SMILES string of the molecule is COC(=O)/C=C1/CCOC1C. The molecule has 0 amide bonds. The Balaban J connectivity index is 2.57. The quantitative estimate of drug-likeness (QED) is 0.418. The number of hydrogen-bond acceptors (Lipinski definition) is 3. The second kappa shape index (κ2) is 3.53. The maximum atomic E-state index is 10.8. The van der Waals surface area contributed by atoms with Gasteiger partial charge in [0.05, 0.1) is 19.8 Å². The summed E-state index contributed by atoms with van der Waals surface area (Å²) >= 11 is 0. The Hall–Kier alpha value is -0.830. The zero-order valence-corrected chi connectivity index (χ0v) is 6.79. The van der Waals surface area contributed by atoms with E-state index in [4.69, 9.17) is 4.74 Å². The van der Waals surface area contributed by atoms with Gasteiger partial charge in [0.15, 0.2) is 0 Å². The molecule has 1 atom stereocenters. The van der Waals surface area contributed by atoms with Gasteiger partial charge >= 0.3 is 5.97 Å². The molecule has 1 unspecified atom stereocenters. The van der Waals surface area contributed by atoms with Gasteiger partial charge in [0.25, 0.3) is 0 Å². The summed E-state index contributed by atoms with van der Waals surface area (Å²) in [5.41, 5.74) is 1.02. The minimum atomic E-state index is -0.294. The fourth-order valence-corrected chi connectivity index (χ4v) is 1.06. The van der Waals surface area contributed by atoms with Crippen molar-refractivity contribution >= 4 is 5.97 Å². The first-order valence-electron chi connectivity index (χ1n) is 3.64. The van der Waals surface area contributed by atoms with Crippen molar-refractivity contribution in [2.24, 2.45) is 0 Å². The lowest BCUT2D eigenvalue weighted by molar-refractivity contribution is -0.134. The van der Waals surface area contributed by atoms with Gasteiger partial charge in [-0.05, 0) is 18.9 Å². The molecule has 0 radical (unpaired) electrons. The topological polar surface area (TPSA) is 35.5 Å². The predicted molar refractivity (Wildman–Crippen MR) is 40.1 cm³/mol. The first-order chi connectivity index (χ1) is 5.24.